The Kier molecular flexibility index (Phi) is 4.95. The van der Waals surface area contributed by atoms with Crippen LogP contribution in [-0.2, 0) is 9.59 Å². The zero-order chi connectivity index (χ0) is 13.7. The van der Waals surface area contributed by atoms with Crippen LogP contribution in [0.4, 0.5) is 0 Å². The van der Waals surface area contributed by atoms with Crippen LogP contribution in [0.1, 0.15) is 5.56 Å². The fraction of sp³-hybridized carbons (Fsp3) is 0. The van der Waals surface area contributed by atoms with Gasteiger partial charge in [-0.3, -0.25) is 4.79 Å². The van der Waals surface area contributed by atoms with E-state index in [-0.39, 0.29) is 21.4 Å². The Balaban J connectivity index is 2.94. The third-order valence-electron chi connectivity index (χ3n) is 1.94. The lowest BCUT2D eigenvalue weighted by Gasteiger charge is -2.03. The van der Waals surface area contributed by atoms with Gasteiger partial charge in [0.25, 0.3) is 5.78 Å². The molecule has 1 aromatic rings. The van der Waals surface area contributed by atoms with E-state index in [1.807, 2.05) is 0 Å². The van der Waals surface area contributed by atoms with Crippen LogP contribution in [-0.4, -0.2) is 22.0 Å². The van der Waals surface area contributed by atoms with Crippen molar-refractivity contribution in [3.63, 3.8) is 0 Å². The fourth-order valence-electron chi connectivity index (χ4n) is 1.09. The summed E-state index contributed by atoms with van der Waals surface area (Å²) in [5, 5.41) is 18.5. The van der Waals surface area contributed by atoms with Crippen molar-refractivity contribution >= 4 is 40.7 Å². The van der Waals surface area contributed by atoms with Gasteiger partial charge in [0, 0.05) is 5.56 Å². The topological polar surface area (TPSA) is 74.6 Å². The normalized spacial score (nSPS) is 11.8. The van der Waals surface area contributed by atoms with E-state index >= 15 is 0 Å². The van der Waals surface area contributed by atoms with Crippen LogP contribution in [0.3, 0.4) is 0 Å². The number of aliphatic hydroxyl groups is 1. The third kappa shape index (κ3) is 3.61. The number of benzene rings is 1. The molecular formula is C12H8Cl2O4. The Morgan fingerprint density at radius 3 is 2.44 bits per heavy atom. The number of carboxylic acid groups (broad SMARTS) is 1. The van der Waals surface area contributed by atoms with E-state index in [2.05, 4.69) is 0 Å². The molecule has 4 nitrogen and oxygen atoms in total. The molecule has 0 amide bonds. The summed E-state index contributed by atoms with van der Waals surface area (Å²) in [5.41, 5.74) is 0.289. The largest absolute Gasteiger partial charge is 0.507 e. The van der Waals surface area contributed by atoms with Gasteiger partial charge in [0.1, 0.15) is 5.76 Å². The molecule has 0 spiro atoms. The Morgan fingerprint density at radius 1 is 1.17 bits per heavy atom. The molecular weight excluding hydrogens is 279 g/mol. The second kappa shape index (κ2) is 6.23. The van der Waals surface area contributed by atoms with Crippen molar-refractivity contribution in [1.29, 1.82) is 0 Å². The highest BCUT2D eigenvalue weighted by Gasteiger charge is 2.08. The molecule has 0 aliphatic carbocycles. The first kappa shape index (κ1) is 14.3. The minimum Gasteiger partial charge on any atom is -0.507 e. The number of carbonyl (C=O) groups excluding carboxylic acids is 1. The van der Waals surface area contributed by atoms with Gasteiger partial charge in [-0.1, -0.05) is 35.3 Å². The Hall–Kier alpha value is -1.78. The second-order valence-electron chi connectivity index (χ2n) is 3.18. The maximum atomic E-state index is 10.7. The van der Waals surface area contributed by atoms with E-state index in [0.717, 1.165) is 18.2 Å². The average Bonchev–Trinajstić information content (AvgIpc) is 2.32. The van der Waals surface area contributed by atoms with Gasteiger partial charge < -0.3 is 10.2 Å². The quantitative estimate of drug-likeness (QED) is 0.386. The molecule has 0 aromatic heterocycles. The summed E-state index contributed by atoms with van der Waals surface area (Å²) in [6.07, 6.45) is 3.08. The average molecular weight is 287 g/mol. The predicted molar refractivity (Wildman–Crippen MR) is 68.9 cm³/mol. The van der Waals surface area contributed by atoms with E-state index < -0.39 is 11.8 Å². The number of aliphatic hydroxyl groups excluding tert-OH is 1. The van der Waals surface area contributed by atoms with Crippen molar-refractivity contribution in [3.05, 3.63) is 52.0 Å². The monoisotopic (exact) mass is 286 g/mol. The number of carbonyl (C=O) groups is 2. The molecule has 0 unspecified atom stereocenters. The second-order valence-corrected chi connectivity index (χ2v) is 3.97. The highest BCUT2D eigenvalue weighted by Crippen LogP contribution is 2.29. The van der Waals surface area contributed by atoms with Crippen molar-refractivity contribution in [2.75, 3.05) is 0 Å². The van der Waals surface area contributed by atoms with Gasteiger partial charge in [-0.15, -0.1) is 0 Å². The first-order valence-corrected chi connectivity index (χ1v) is 5.48. The zero-order valence-electron chi connectivity index (χ0n) is 8.93. The minimum absolute atomic E-state index is 0.172. The summed E-state index contributed by atoms with van der Waals surface area (Å²) in [5.74, 6) is -2.88. The Labute approximate surface area is 113 Å². The van der Waals surface area contributed by atoms with Crippen LogP contribution in [0.2, 0.25) is 10.0 Å². The summed E-state index contributed by atoms with van der Waals surface area (Å²) in [7, 11) is 0. The molecule has 0 radical (unpaired) electrons. The van der Waals surface area contributed by atoms with Gasteiger partial charge in [0.2, 0.25) is 0 Å². The summed E-state index contributed by atoms with van der Waals surface area (Å²) in [6.45, 7) is 0. The lowest BCUT2D eigenvalue weighted by atomic mass is 10.1. The van der Waals surface area contributed by atoms with Crippen molar-refractivity contribution in [1.82, 2.24) is 0 Å². The summed E-state index contributed by atoms with van der Waals surface area (Å²) < 4.78 is 0. The molecule has 0 fully saturated rings. The van der Waals surface area contributed by atoms with Crippen LogP contribution in [0.25, 0.3) is 5.76 Å². The molecule has 2 N–H and O–H groups in total. The van der Waals surface area contributed by atoms with Gasteiger partial charge in [0.05, 0.1) is 10.0 Å². The smallest absolute Gasteiger partial charge is 0.376 e. The van der Waals surface area contributed by atoms with Crippen LogP contribution < -0.4 is 0 Å². The summed E-state index contributed by atoms with van der Waals surface area (Å²) >= 11 is 11.6. The molecule has 0 aliphatic heterocycles. The molecule has 0 saturated heterocycles. The maximum absolute atomic E-state index is 10.7. The molecule has 0 saturated carbocycles. The van der Waals surface area contributed by atoms with Crippen LogP contribution in [0.5, 0.6) is 0 Å². The first-order chi connectivity index (χ1) is 8.43. The van der Waals surface area contributed by atoms with E-state index in [9.17, 15) is 14.7 Å². The standard InChI is InChI=1S/C12H8Cl2O4/c13-8-4-1-3-7(11(8)14)9(15)5-2-6-10(16)12(17)18/h1-6,15H,(H,17,18)/b6-2+,9-5-. The van der Waals surface area contributed by atoms with Crippen molar-refractivity contribution in [2.45, 2.75) is 0 Å². The van der Waals surface area contributed by atoms with Gasteiger partial charge in [-0.2, -0.15) is 0 Å². The summed E-state index contributed by atoms with van der Waals surface area (Å²) in [6, 6.07) is 4.69. The number of hydrogen-bond donors (Lipinski definition) is 2. The van der Waals surface area contributed by atoms with E-state index in [4.69, 9.17) is 28.3 Å². The van der Waals surface area contributed by atoms with E-state index in [1.165, 1.54) is 6.07 Å². The predicted octanol–water partition coefficient (Wildman–Crippen LogP) is 3.10. The molecule has 0 heterocycles. The van der Waals surface area contributed by atoms with Gasteiger partial charge in [0.15, 0.2) is 0 Å². The highest BCUT2D eigenvalue weighted by molar-refractivity contribution is 6.43. The highest BCUT2D eigenvalue weighted by atomic mass is 35.5. The van der Waals surface area contributed by atoms with E-state index in [1.54, 1.807) is 12.1 Å². The Morgan fingerprint density at radius 2 is 1.83 bits per heavy atom. The lowest BCUT2D eigenvalue weighted by Crippen LogP contribution is -2.08. The Bertz CT molecular complexity index is 547. The maximum Gasteiger partial charge on any atom is 0.376 e. The zero-order valence-corrected chi connectivity index (χ0v) is 10.4. The van der Waals surface area contributed by atoms with Crippen molar-refractivity contribution < 1.29 is 19.8 Å². The molecule has 6 heteroatoms. The SMILES string of the molecule is O=C(O)C(=O)/C=C/C=C(\O)c1cccc(Cl)c1Cl. The molecule has 1 rings (SSSR count). The van der Waals surface area contributed by atoms with E-state index in [0.29, 0.717) is 0 Å². The van der Waals surface area contributed by atoms with Gasteiger partial charge in [-0.05, 0) is 24.3 Å². The molecule has 94 valence electrons. The number of aliphatic carboxylic acids is 1. The van der Waals surface area contributed by atoms with Gasteiger partial charge in [-0.25, -0.2) is 4.79 Å². The van der Waals surface area contributed by atoms with Crippen molar-refractivity contribution in [2.24, 2.45) is 0 Å². The number of ketones is 1. The van der Waals surface area contributed by atoms with Crippen LogP contribution in [0, 0.1) is 0 Å². The number of halogens is 2. The third-order valence-corrected chi connectivity index (χ3v) is 2.76. The fourth-order valence-corrected chi connectivity index (χ4v) is 1.49. The molecule has 18 heavy (non-hydrogen) atoms. The molecule has 0 aliphatic rings. The molecule has 1 aromatic carbocycles. The van der Waals surface area contributed by atoms with Crippen LogP contribution >= 0.6 is 23.2 Å². The van der Waals surface area contributed by atoms with Crippen molar-refractivity contribution in [3.8, 4) is 0 Å². The number of carboxylic acids is 1. The molecule has 0 atom stereocenters. The van der Waals surface area contributed by atoms with Gasteiger partial charge >= 0.3 is 5.97 Å². The number of rotatable bonds is 4. The number of hydrogen-bond acceptors (Lipinski definition) is 3. The minimum atomic E-state index is -1.57. The van der Waals surface area contributed by atoms with Crippen LogP contribution in [0.15, 0.2) is 36.4 Å². The lowest BCUT2D eigenvalue weighted by molar-refractivity contribution is -0.146. The number of allylic oxidation sites excluding steroid dienone is 2. The first-order valence-electron chi connectivity index (χ1n) is 4.72. The summed E-state index contributed by atoms with van der Waals surface area (Å²) in [4.78, 5) is 21.0. The molecule has 0 bridgehead atoms.